The van der Waals surface area contributed by atoms with Gasteiger partial charge in [0, 0.05) is 6.42 Å². The zero-order chi connectivity index (χ0) is 9.84. The van der Waals surface area contributed by atoms with E-state index in [1.807, 2.05) is 0 Å². The van der Waals surface area contributed by atoms with Crippen molar-refractivity contribution >= 4 is 12.1 Å². The second-order valence-corrected chi connectivity index (χ2v) is 2.64. The highest BCUT2D eigenvalue weighted by Crippen LogP contribution is 2.15. The van der Waals surface area contributed by atoms with Crippen molar-refractivity contribution in [1.29, 1.82) is 0 Å². The van der Waals surface area contributed by atoms with Crippen LogP contribution in [-0.2, 0) is 14.3 Å². The molecule has 1 rings (SSSR count). The van der Waals surface area contributed by atoms with Gasteiger partial charge in [0.25, 0.3) is 0 Å². The first kappa shape index (κ1) is 9.57. The topological polar surface area (TPSA) is 64.6 Å². The number of ether oxygens (including phenoxy) is 2. The van der Waals surface area contributed by atoms with Crippen molar-refractivity contribution in [3.63, 3.8) is 0 Å². The molecule has 1 saturated heterocycles. The van der Waals surface area contributed by atoms with Gasteiger partial charge in [-0.25, -0.2) is 9.59 Å². The minimum absolute atomic E-state index is 0.311. The van der Waals surface area contributed by atoms with E-state index < -0.39 is 18.1 Å². The van der Waals surface area contributed by atoms with Crippen molar-refractivity contribution in [1.82, 2.24) is 5.32 Å². The third-order valence-electron chi connectivity index (χ3n) is 1.76. The van der Waals surface area contributed by atoms with Gasteiger partial charge in [-0.05, 0) is 0 Å². The first-order valence-electron chi connectivity index (χ1n) is 3.85. The fourth-order valence-corrected chi connectivity index (χ4v) is 1.07. The van der Waals surface area contributed by atoms with Crippen LogP contribution in [0, 0.1) is 0 Å². The van der Waals surface area contributed by atoms with Crippen molar-refractivity contribution in [2.75, 3.05) is 7.11 Å². The number of carbonyl (C=O) groups is 2. The number of hydrogen-bond acceptors (Lipinski definition) is 4. The minimum Gasteiger partial charge on any atom is -0.457 e. The number of cyclic esters (lactones) is 1. The molecule has 0 spiro atoms. The molecule has 0 aromatic rings. The standard InChI is InChI=1S/C8H11NO4/c1-3-5-4-6(7(10)13-5)9-8(11)12-2/h3,5-6H,1,4H2,2H3,(H,9,11). The predicted molar refractivity (Wildman–Crippen MR) is 44.0 cm³/mol. The molecule has 0 aromatic heterocycles. The van der Waals surface area contributed by atoms with E-state index in [4.69, 9.17) is 4.74 Å². The zero-order valence-corrected chi connectivity index (χ0v) is 7.28. The maximum absolute atomic E-state index is 11.1. The smallest absolute Gasteiger partial charge is 0.407 e. The summed E-state index contributed by atoms with van der Waals surface area (Å²) >= 11 is 0. The molecule has 0 aromatic carbocycles. The molecule has 2 unspecified atom stereocenters. The number of hydrogen-bond donors (Lipinski definition) is 1. The summed E-state index contributed by atoms with van der Waals surface area (Å²) in [5.41, 5.74) is 0. The zero-order valence-electron chi connectivity index (χ0n) is 7.28. The van der Waals surface area contributed by atoms with Crippen molar-refractivity contribution in [2.45, 2.75) is 18.6 Å². The summed E-state index contributed by atoms with van der Waals surface area (Å²) in [7, 11) is 1.24. The summed E-state index contributed by atoms with van der Waals surface area (Å²) in [5, 5.41) is 2.36. The van der Waals surface area contributed by atoms with Crippen LogP contribution in [0.15, 0.2) is 12.7 Å². The fourth-order valence-electron chi connectivity index (χ4n) is 1.07. The lowest BCUT2D eigenvalue weighted by molar-refractivity contribution is -0.141. The number of amides is 1. The van der Waals surface area contributed by atoms with Crippen molar-refractivity contribution in [3.8, 4) is 0 Å². The number of rotatable bonds is 2. The lowest BCUT2D eigenvalue weighted by Crippen LogP contribution is -2.37. The molecule has 0 radical (unpaired) electrons. The minimum atomic E-state index is -0.633. The molecule has 2 atom stereocenters. The largest absolute Gasteiger partial charge is 0.457 e. The van der Waals surface area contributed by atoms with Gasteiger partial charge in [-0.3, -0.25) is 0 Å². The molecule has 1 heterocycles. The Hall–Kier alpha value is -1.52. The van der Waals surface area contributed by atoms with E-state index in [9.17, 15) is 9.59 Å². The number of nitrogens with one attached hydrogen (secondary N) is 1. The molecule has 1 fully saturated rings. The summed E-state index contributed by atoms with van der Waals surface area (Å²) in [6.07, 6.45) is 0.996. The molecule has 0 saturated carbocycles. The van der Waals surface area contributed by atoms with Gasteiger partial charge in [-0.2, -0.15) is 0 Å². The molecule has 0 aliphatic carbocycles. The number of carbonyl (C=O) groups excluding carboxylic acids is 2. The third-order valence-corrected chi connectivity index (χ3v) is 1.76. The second-order valence-electron chi connectivity index (χ2n) is 2.64. The molecule has 1 amide bonds. The van der Waals surface area contributed by atoms with E-state index >= 15 is 0 Å². The van der Waals surface area contributed by atoms with Crippen LogP contribution in [0.2, 0.25) is 0 Å². The van der Waals surface area contributed by atoms with Crippen molar-refractivity contribution in [3.05, 3.63) is 12.7 Å². The highest BCUT2D eigenvalue weighted by molar-refractivity contribution is 5.83. The molecule has 1 aliphatic rings. The van der Waals surface area contributed by atoms with Crippen LogP contribution in [0.25, 0.3) is 0 Å². The fraction of sp³-hybridized carbons (Fsp3) is 0.500. The Morgan fingerprint density at radius 1 is 1.85 bits per heavy atom. The Bertz CT molecular complexity index is 238. The van der Waals surface area contributed by atoms with Crippen LogP contribution in [0.1, 0.15) is 6.42 Å². The van der Waals surface area contributed by atoms with E-state index in [2.05, 4.69) is 16.6 Å². The average molecular weight is 185 g/mol. The van der Waals surface area contributed by atoms with Crippen LogP contribution < -0.4 is 5.32 Å². The first-order chi connectivity index (χ1) is 6.17. The highest BCUT2D eigenvalue weighted by Gasteiger charge is 2.33. The summed E-state index contributed by atoms with van der Waals surface area (Å²) < 4.78 is 9.19. The first-order valence-corrected chi connectivity index (χ1v) is 3.85. The highest BCUT2D eigenvalue weighted by atomic mass is 16.6. The normalized spacial score (nSPS) is 26.4. The molecule has 5 nitrogen and oxygen atoms in total. The molecule has 1 aliphatic heterocycles. The van der Waals surface area contributed by atoms with Gasteiger partial charge in [-0.1, -0.05) is 12.7 Å². The van der Waals surface area contributed by atoms with E-state index in [0.717, 1.165) is 0 Å². The third kappa shape index (κ3) is 2.21. The summed E-state index contributed by atoms with van der Waals surface area (Å²) in [6, 6.07) is -0.615. The molecular weight excluding hydrogens is 174 g/mol. The maximum Gasteiger partial charge on any atom is 0.407 e. The molecule has 5 heteroatoms. The van der Waals surface area contributed by atoms with E-state index in [1.165, 1.54) is 13.2 Å². The van der Waals surface area contributed by atoms with Gasteiger partial charge in [0.1, 0.15) is 12.1 Å². The number of methoxy groups -OCH3 is 1. The average Bonchev–Trinajstić information content (AvgIpc) is 2.47. The second kappa shape index (κ2) is 3.93. The Balaban J connectivity index is 2.48. The Kier molecular flexibility index (Phi) is 2.89. The van der Waals surface area contributed by atoms with Gasteiger partial charge >= 0.3 is 12.1 Å². The number of esters is 1. The summed E-state index contributed by atoms with van der Waals surface area (Å²) in [6.45, 7) is 3.49. The van der Waals surface area contributed by atoms with E-state index in [1.54, 1.807) is 0 Å². The van der Waals surface area contributed by atoms with Gasteiger partial charge in [0.2, 0.25) is 0 Å². The molecular formula is C8H11NO4. The van der Waals surface area contributed by atoms with Crippen molar-refractivity contribution in [2.24, 2.45) is 0 Å². The summed E-state index contributed by atoms with van der Waals surface area (Å²) in [5.74, 6) is -0.449. The molecule has 13 heavy (non-hydrogen) atoms. The van der Waals surface area contributed by atoms with E-state index in [-0.39, 0.29) is 6.10 Å². The van der Waals surface area contributed by atoms with Gasteiger partial charge < -0.3 is 14.8 Å². The van der Waals surface area contributed by atoms with Gasteiger partial charge in [0.15, 0.2) is 0 Å². The Morgan fingerprint density at radius 3 is 3.00 bits per heavy atom. The van der Waals surface area contributed by atoms with Crippen LogP contribution >= 0.6 is 0 Å². The molecule has 1 N–H and O–H groups in total. The Labute approximate surface area is 75.7 Å². The van der Waals surface area contributed by atoms with Gasteiger partial charge in [0.05, 0.1) is 7.11 Å². The quantitative estimate of drug-likeness (QED) is 0.493. The maximum atomic E-state index is 11.1. The Morgan fingerprint density at radius 2 is 2.54 bits per heavy atom. The van der Waals surface area contributed by atoms with Crippen LogP contribution in [-0.4, -0.2) is 31.3 Å². The summed E-state index contributed by atoms with van der Waals surface area (Å²) in [4.78, 5) is 21.8. The van der Waals surface area contributed by atoms with E-state index in [0.29, 0.717) is 6.42 Å². The van der Waals surface area contributed by atoms with Crippen LogP contribution in [0.3, 0.4) is 0 Å². The SMILES string of the molecule is C=CC1CC(NC(=O)OC)C(=O)O1. The predicted octanol–water partition coefficient (Wildman–Crippen LogP) is 0.212. The van der Waals surface area contributed by atoms with Gasteiger partial charge in [-0.15, -0.1) is 0 Å². The number of alkyl carbamates (subject to hydrolysis) is 1. The van der Waals surface area contributed by atoms with Crippen molar-refractivity contribution < 1.29 is 19.1 Å². The molecule has 0 bridgehead atoms. The lowest BCUT2D eigenvalue weighted by atomic mass is 10.2. The van der Waals surface area contributed by atoms with Crippen LogP contribution in [0.4, 0.5) is 4.79 Å². The van der Waals surface area contributed by atoms with Crippen LogP contribution in [0.5, 0.6) is 0 Å². The lowest BCUT2D eigenvalue weighted by Gasteiger charge is -2.05. The molecule has 72 valence electrons. The monoisotopic (exact) mass is 185 g/mol.